The molecular weight excluding hydrogens is 356 g/mol. The van der Waals surface area contributed by atoms with E-state index in [4.69, 9.17) is 4.42 Å². The number of rotatable bonds is 5. The summed E-state index contributed by atoms with van der Waals surface area (Å²) in [5, 5.41) is 9.48. The van der Waals surface area contributed by atoms with Gasteiger partial charge in [0.15, 0.2) is 0 Å². The fourth-order valence-electron chi connectivity index (χ4n) is 2.98. The van der Waals surface area contributed by atoms with Crippen LogP contribution < -0.4 is 4.72 Å². The second kappa shape index (κ2) is 7.22. The summed E-state index contributed by atoms with van der Waals surface area (Å²) in [5.74, 6) is 0.906. The molecule has 2 aromatic rings. The average Bonchev–Trinajstić information content (AvgIpc) is 3.03. The summed E-state index contributed by atoms with van der Waals surface area (Å²) in [6.45, 7) is 4.10. The number of nitrogens with zero attached hydrogens (tertiary/aromatic N) is 1. The van der Waals surface area contributed by atoms with Crippen molar-refractivity contribution in [2.24, 2.45) is 0 Å². The minimum absolute atomic E-state index is 0.0693. The summed E-state index contributed by atoms with van der Waals surface area (Å²) in [6.07, 6.45) is -0.436. The molecular formula is C18H22N2O5S. The van der Waals surface area contributed by atoms with Crippen LogP contribution in [0.15, 0.2) is 39.6 Å². The number of aryl methyl sites for hydroxylation is 1. The van der Waals surface area contributed by atoms with Crippen molar-refractivity contribution in [2.45, 2.75) is 44.4 Å². The summed E-state index contributed by atoms with van der Waals surface area (Å²) in [6, 6.07) is 8.44. The Morgan fingerprint density at radius 1 is 1.31 bits per heavy atom. The number of hydrogen-bond donors (Lipinski definition) is 2. The summed E-state index contributed by atoms with van der Waals surface area (Å²) in [5.41, 5.74) is 1.79. The third-order valence-electron chi connectivity index (χ3n) is 4.40. The van der Waals surface area contributed by atoms with Gasteiger partial charge in [-0.15, -0.1) is 0 Å². The van der Waals surface area contributed by atoms with Crippen LogP contribution in [0.2, 0.25) is 0 Å². The SMILES string of the molecule is Cc1ccc(CNS(=O)(=O)c2ccc3c(c2)CN(C(=O)C(C)O)CC3)o1. The molecule has 140 valence electrons. The first-order valence-corrected chi connectivity index (χ1v) is 9.88. The zero-order chi connectivity index (χ0) is 18.9. The zero-order valence-electron chi connectivity index (χ0n) is 14.7. The van der Waals surface area contributed by atoms with E-state index in [1.165, 1.54) is 6.92 Å². The minimum atomic E-state index is -3.70. The number of hydrogen-bond acceptors (Lipinski definition) is 5. The third-order valence-corrected chi connectivity index (χ3v) is 5.80. The van der Waals surface area contributed by atoms with E-state index in [9.17, 15) is 18.3 Å². The van der Waals surface area contributed by atoms with E-state index in [-0.39, 0.29) is 17.3 Å². The average molecular weight is 378 g/mol. The third kappa shape index (κ3) is 3.98. The molecule has 1 amide bonds. The molecule has 0 aliphatic carbocycles. The monoisotopic (exact) mass is 378 g/mol. The Balaban J connectivity index is 1.77. The van der Waals surface area contributed by atoms with Gasteiger partial charge >= 0.3 is 0 Å². The molecule has 2 N–H and O–H groups in total. The first kappa shape index (κ1) is 18.6. The van der Waals surface area contributed by atoms with E-state index in [0.717, 1.165) is 16.9 Å². The maximum atomic E-state index is 12.5. The van der Waals surface area contributed by atoms with Gasteiger partial charge in [-0.05, 0) is 55.7 Å². The molecule has 0 fully saturated rings. The van der Waals surface area contributed by atoms with Crippen molar-refractivity contribution in [3.63, 3.8) is 0 Å². The van der Waals surface area contributed by atoms with E-state index < -0.39 is 16.1 Å². The fourth-order valence-corrected chi connectivity index (χ4v) is 4.03. The molecule has 26 heavy (non-hydrogen) atoms. The van der Waals surface area contributed by atoms with Crippen LogP contribution in [-0.4, -0.2) is 37.0 Å². The number of carbonyl (C=O) groups excluding carboxylic acids is 1. The Labute approximate surface area is 152 Å². The quantitative estimate of drug-likeness (QED) is 0.818. The Bertz CT molecular complexity index is 917. The second-order valence-corrected chi connectivity index (χ2v) is 8.22. The van der Waals surface area contributed by atoms with Gasteiger partial charge in [0.1, 0.15) is 17.6 Å². The van der Waals surface area contributed by atoms with Gasteiger partial charge in [0.2, 0.25) is 10.0 Å². The van der Waals surface area contributed by atoms with Gasteiger partial charge in [-0.2, -0.15) is 0 Å². The van der Waals surface area contributed by atoms with Crippen LogP contribution in [0.25, 0.3) is 0 Å². The molecule has 1 aliphatic rings. The number of aliphatic hydroxyl groups is 1. The van der Waals surface area contributed by atoms with E-state index in [1.807, 2.05) is 0 Å². The smallest absolute Gasteiger partial charge is 0.251 e. The van der Waals surface area contributed by atoms with Crippen molar-refractivity contribution in [2.75, 3.05) is 6.54 Å². The number of benzene rings is 1. The lowest BCUT2D eigenvalue weighted by Gasteiger charge is -2.30. The molecule has 1 aromatic heterocycles. The molecule has 0 saturated heterocycles. The van der Waals surface area contributed by atoms with Crippen LogP contribution in [0.1, 0.15) is 29.6 Å². The summed E-state index contributed by atoms with van der Waals surface area (Å²) in [4.78, 5) is 13.7. The van der Waals surface area contributed by atoms with Crippen LogP contribution >= 0.6 is 0 Å². The zero-order valence-corrected chi connectivity index (χ0v) is 15.5. The predicted molar refractivity (Wildman–Crippen MR) is 94.7 cm³/mol. The molecule has 0 radical (unpaired) electrons. The highest BCUT2D eigenvalue weighted by Gasteiger charge is 2.25. The molecule has 0 spiro atoms. The summed E-state index contributed by atoms with van der Waals surface area (Å²) >= 11 is 0. The molecule has 1 aromatic carbocycles. The van der Waals surface area contributed by atoms with Gasteiger partial charge in [-0.3, -0.25) is 4.79 Å². The van der Waals surface area contributed by atoms with Crippen LogP contribution in [-0.2, 0) is 34.3 Å². The summed E-state index contributed by atoms with van der Waals surface area (Å²) in [7, 11) is -3.70. The number of carbonyl (C=O) groups is 1. The lowest BCUT2D eigenvalue weighted by Crippen LogP contribution is -2.41. The number of aliphatic hydroxyl groups excluding tert-OH is 1. The normalized spacial score (nSPS) is 15.6. The van der Waals surface area contributed by atoms with Crippen molar-refractivity contribution in [3.05, 3.63) is 53.0 Å². The molecule has 7 nitrogen and oxygen atoms in total. The number of sulfonamides is 1. The van der Waals surface area contributed by atoms with Crippen LogP contribution in [0.5, 0.6) is 0 Å². The van der Waals surface area contributed by atoms with Crippen LogP contribution in [0, 0.1) is 6.92 Å². The van der Waals surface area contributed by atoms with E-state index in [0.29, 0.717) is 25.3 Å². The number of nitrogens with one attached hydrogen (secondary N) is 1. The minimum Gasteiger partial charge on any atom is -0.465 e. The highest BCUT2D eigenvalue weighted by atomic mass is 32.2. The molecule has 1 unspecified atom stereocenters. The first-order chi connectivity index (χ1) is 12.3. The van der Waals surface area contributed by atoms with Gasteiger partial charge in [0, 0.05) is 13.1 Å². The van der Waals surface area contributed by atoms with Crippen molar-refractivity contribution >= 4 is 15.9 Å². The van der Waals surface area contributed by atoms with E-state index >= 15 is 0 Å². The number of amides is 1. The predicted octanol–water partition coefficient (Wildman–Crippen LogP) is 1.33. The standard InChI is InChI=1S/C18H22N2O5S/c1-12-3-5-16(25-12)10-19-26(23,24)17-6-4-14-7-8-20(11-15(14)9-17)18(22)13(2)21/h3-6,9,13,19,21H,7-8,10-11H2,1-2H3. The topological polar surface area (TPSA) is 99.9 Å². The number of furan rings is 1. The van der Waals surface area contributed by atoms with Gasteiger partial charge < -0.3 is 14.4 Å². The van der Waals surface area contributed by atoms with Gasteiger partial charge in [0.25, 0.3) is 5.91 Å². The molecule has 3 rings (SSSR count). The first-order valence-electron chi connectivity index (χ1n) is 8.40. The van der Waals surface area contributed by atoms with Crippen LogP contribution in [0.3, 0.4) is 0 Å². The van der Waals surface area contributed by atoms with Gasteiger partial charge in [-0.1, -0.05) is 6.07 Å². The molecule has 1 atom stereocenters. The highest BCUT2D eigenvalue weighted by Crippen LogP contribution is 2.23. The van der Waals surface area contributed by atoms with Crippen molar-refractivity contribution in [1.29, 1.82) is 0 Å². The van der Waals surface area contributed by atoms with Crippen molar-refractivity contribution in [3.8, 4) is 0 Å². The maximum absolute atomic E-state index is 12.5. The molecule has 0 bridgehead atoms. The molecule has 8 heteroatoms. The molecule has 2 heterocycles. The molecule has 1 aliphatic heterocycles. The second-order valence-electron chi connectivity index (χ2n) is 6.45. The summed E-state index contributed by atoms with van der Waals surface area (Å²) < 4.78 is 33.0. The van der Waals surface area contributed by atoms with Crippen molar-refractivity contribution in [1.82, 2.24) is 9.62 Å². The molecule has 0 saturated carbocycles. The van der Waals surface area contributed by atoms with Gasteiger partial charge in [0.05, 0.1) is 11.4 Å². The van der Waals surface area contributed by atoms with Crippen LogP contribution in [0.4, 0.5) is 0 Å². The van der Waals surface area contributed by atoms with Crippen molar-refractivity contribution < 1.29 is 22.7 Å². The van der Waals surface area contributed by atoms with Gasteiger partial charge in [-0.25, -0.2) is 13.1 Å². The Hall–Kier alpha value is -2.16. The Morgan fingerprint density at radius 3 is 2.73 bits per heavy atom. The lowest BCUT2D eigenvalue weighted by atomic mass is 9.99. The lowest BCUT2D eigenvalue weighted by molar-refractivity contribution is -0.140. The Kier molecular flexibility index (Phi) is 5.17. The van der Waals surface area contributed by atoms with E-state index in [1.54, 1.807) is 42.2 Å². The largest absolute Gasteiger partial charge is 0.465 e. The Morgan fingerprint density at radius 2 is 2.08 bits per heavy atom. The maximum Gasteiger partial charge on any atom is 0.251 e. The van der Waals surface area contributed by atoms with E-state index in [2.05, 4.69) is 4.72 Å². The fraction of sp³-hybridized carbons (Fsp3) is 0.389. The highest BCUT2D eigenvalue weighted by molar-refractivity contribution is 7.89. The number of fused-ring (bicyclic) bond motifs is 1.